The van der Waals surface area contributed by atoms with E-state index < -0.39 is 0 Å². The molecule has 3 rings (SSSR count). The first kappa shape index (κ1) is 15.4. The van der Waals surface area contributed by atoms with Crippen molar-refractivity contribution < 1.29 is 9.90 Å². The first-order valence-electron chi connectivity index (χ1n) is 7.81. The summed E-state index contributed by atoms with van der Waals surface area (Å²) in [5.41, 5.74) is 1.40. The number of amides is 1. The zero-order chi connectivity index (χ0) is 16.2. The van der Waals surface area contributed by atoms with Gasteiger partial charge >= 0.3 is 0 Å². The predicted molar refractivity (Wildman–Crippen MR) is 86.3 cm³/mol. The lowest BCUT2D eigenvalue weighted by Crippen LogP contribution is -2.33. The quantitative estimate of drug-likeness (QED) is 0.820. The number of nitrogens with zero attached hydrogens (tertiary/aromatic N) is 3. The molecular weight excluding hydrogens is 292 g/mol. The predicted octanol–water partition coefficient (Wildman–Crippen LogP) is 1.50. The molecule has 0 radical (unpaired) electrons. The third kappa shape index (κ3) is 3.17. The maximum atomic E-state index is 12.5. The fraction of sp³-hybridized carbons (Fsp3) is 0.353. The van der Waals surface area contributed by atoms with Crippen LogP contribution in [0.5, 0.6) is 0 Å². The molecular formula is C17H20N4O2. The van der Waals surface area contributed by atoms with Gasteiger partial charge in [0.05, 0.1) is 17.5 Å². The molecule has 1 amide bonds. The van der Waals surface area contributed by atoms with Gasteiger partial charge in [-0.3, -0.25) is 4.79 Å². The zero-order valence-corrected chi connectivity index (χ0v) is 13.0. The molecule has 1 aliphatic rings. The van der Waals surface area contributed by atoms with E-state index >= 15 is 0 Å². The van der Waals surface area contributed by atoms with Crippen LogP contribution in [0.2, 0.25) is 0 Å². The van der Waals surface area contributed by atoms with Crippen LogP contribution in [0.4, 0.5) is 0 Å². The third-order valence-electron chi connectivity index (χ3n) is 4.04. The molecule has 6 nitrogen and oxygen atoms in total. The summed E-state index contributed by atoms with van der Waals surface area (Å²) >= 11 is 0. The molecule has 1 aliphatic carbocycles. The summed E-state index contributed by atoms with van der Waals surface area (Å²) in [6, 6.07) is 5.56. The van der Waals surface area contributed by atoms with Crippen LogP contribution in [-0.4, -0.2) is 38.4 Å². The highest BCUT2D eigenvalue weighted by Gasteiger charge is 2.23. The van der Waals surface area contributed by atoms with Gasteiger partial charge < -0.3 is 10.4 Å². The summed E-state index contributed by atoms with van der Waals surface area (Å²) in [4.78, 5) is 16.8. The Hall–Kier alpha value is -2.47. The molecule has 0 unspecified atom stereocenters. The minimum Gasteiger partial charge on any atom is -0.396 e. The van der Waals surface area contributed by atoms with Gasteiger partial charge in [-0.25, -0.2) is 9.67 Å². The van der Waals surface area contributed by atoms with Crippen molar-refractivity contribution in [1.82, 2.24) is 20.1 Å². The molecule has 6 heteroatoms. The van der Waals surface area contributed by atoms with Gasteiger partial charge in [-0.1, -0.05) is 25.1 Å². The lowest BCUT2D eigenvalue weighted by molar-refractivity contribution is 0.0940. The summed E-state index contributed by atoms with van der Waals surface area (Å²) in [5.74, 6) is 0.684. The molecule has 0 bridgehead atoms. The smallest absolute Gasteiger partial charge is 0.255 e. The van der Waals surface area contributed by atoms with Gasteiger partial charge in [0.1, 0.15) is 0 Å². The Morgan fingerprint density at radius 3 is 2.96 bits per heavy atom. The van der Waals surface area contributed by atoms with Crippen molar-refractivity contribution in [1.29, 1.82) is 0 Å². The Labute approximate surface area is 134 Å². The van der Waals surface area contributed by atoms with Crippen molar-refractivity contribution in [3.8, 4) is 5.82 Å². The maximum Gasteiger partial charge on any atom is 0.255 e. The Morgan fingerprint density at radius 2 is 2.30 bits per heavy atom. The fourth-order valence-electron chi connectivity index (χ4n) is 2.84. The number of aliphatic hydroxyl groups is 1. The van der Waals surface area contributed by atoms with E-state index in [1.165, 1.54) is 0 Å². The Bertz CT molecular complexity index is 709. The molecule has 0 spiro atoms. The van der Waals surface area contributed by atoms with Crippen LogP contribution in [0, 0.1) is 5.92 Å². The second-order valence-corrected chi connectivity index (χ2v) is 5.60. The zero-order valence-electron chi connectivity index (χ0n) is 13.0. The first-order chi connectivity index (χ1) is 11.2. The van der Waals surface area contributed by atoms with Crippen molar-refractivity contribution in [3.05, 3.63) is 54.0 Å². The standard InChI is InChI=1S/C17H20N4O2/c1-2-15-14(10-19-21(15)16-5-3-4-8-18-16)17(23)20-13-7-6-12(9-13)11-22/h3-8,10,12-13,22H,2,9,11H2,1H3,(H,20,23)/t12-,13+/m0/s1. The van der Waals surface area contributed by atoms with E-state index in [0.29, 0.717) is 17.8 Å². The average Bonchev–Trinajstić information content (AvgIpc) is 3.21. The van der Waals surface area contributed by atoms with Crippen molar-refractivity contribution in [2.45, 2.75) is 25.8 Å². The summed E-state index contributed by atoms with van der Waals surface area (Å²) in [6.45, 7) is 2.10. The largest absolute Gasteiger partial charge is 0.396 e. The molecule has 0 saturated heterocycles. The molecule has 120 valence electrons. The monoisotopic (exact) mass is 312 g/mol. The summed E-state index contributed by atoms with van der Waals surface area (Å²) in [7, 11) is 0. The van der Waals surface area contributed by atoms with Crippen molar-refractivity contribution >= 4 is 5.91 Å². The van der Waals surface area contributed by atoms with Crippen molar-refractivity contribution in [2.75, 3.05) is 6.61 Å². The molecule has 2 N–H and O–H groups in total. The molecule has 2 heterocycles. The highest BCUT2D eigenvalue weighted by atomic mass is 16.3. The van der Waals surface area contributed by atoms with Gasteiger partial charge in [-0.05, 0) is 25.0 Å². The van der Waals surface area contributed by atoms with Crippen LogP contribution in [0.1, 0.15) is 29.4 Å². The number of hydrogen-bond donors (Lipinski definition) is 2. The van der Waals surface area contributed by atoms with Gasteiger partial charge in [0.2, 0.25) is 0 Å². The van der Waals surface area contributed by atoms with Gasteiger partial charge in [-0.2, -0.15) is 5.10 Å². The van der Waals surface area contributed by atoms with E-state index in [9.17, 15) is 4.79 Å². The normalized spacial score (nSPS) is 19.9. The number of hydrogen-bond acceptors (Lipinski definition) is 4. The van der Waals surface area contributed by atoms with Crippen LogP contribution >= 0.6 is 0 Å². The Balaban J connectivity index is 1.79. The lowest BCUT2D eigenvalue weighted by Gasteiger charge is -2.13. The first-order valence-corrected chi connectivity index (χ1v) is 7.81. The van der Waals surface area contributed by atoms with E-state index in [4.69, 9.17) is 5.11 Å². The summed E-state index contributed by atoms with van der Waals surface area (Å²) < 4.78 is 1.70. The second-order valence-electron chi connectivity index (χ2n) is 5.60. The van der Waals surface area contributed by atoms with Gasteiger partial charge in [0.15, 0.2) is 5.82 Å². The minimum absolute atomic E-state index is 0.0393. The van der Waals surface area contributed by atoms with Crippen molar-refractivity contribution in [2.24, 2.45) is 5.92 Å². The molecule has 2 atom stereocenters. The molecule has 0 aliphatic heterocycles. The fourth-order valence-corrected chi connectivity index (χ4v) is 2.84. The highest BCUT2D eigenvalue weighted by Crippen LogP contribution is 2.19. The van der Waals surface area contributed by atoms with Gasteiger partial charge in [0.25, 0.3) is 5.91 Å². The van der Waals surface area contributed by atoms with E-state index in [-0.39, 0.29) is 24.5 Å². The molecule has 2 aromatic heterocycles. The van der Waals surface area contributed by atoms with Crippen molar-refractivity contribution in [3.63, 3.8) is 0 Å². The lowest BCUT2D eigenvalue weighted by atomic mass is 10.1. The molecule has 2 aromatic rings. The number of pyridine rings is 1. The number of nitrogens with one attached hydrogen (secondary N) is 1. The van der Waals surface area contributed by atoms with E-state index in [0.717, 1.165) is 12.1 Å². The Morgan fingerprint density at radius 1 is 1.43 bits per heavy atom. The van der Waals surface area contributed by atoms with Gasteiger partial charge in [0, 0.05) is 24.8 Å². The molecule has 0 aromatic carbocycles. The van der Waals surface area contributed by atoms with E-state index in [1.54, 1.807) is 17.1 Å². The second kappa shape index (κ2) is 6.75. The topological polar surface area (TPSA) is 80.0 Å². The SMILES string of the molecule is CCc1c(C(=O)N[C@@H]2C=C[C@H](CO)C2)cnn1-c1ccccn1. The Kier molecular flexibility index (Phi) is 4.52. The molecule has 23 heavy (non-hydrogen) atoms. The number of carbonyl (C=O) groups is 1. The number of carbonyl (C=O) groups excluding carboxylic acids is 1. The number of aromatic nitrogens is 3. The van der Waals surface area contributed by atoms with Crippen LogP contribution in [0.3, 0.4) is 0 Å². The molecule has 0 saturated carbocycles. The van der Waals surface area contributed by atoms with Crippen LogP contribution in [0.15, 0.2) is 42.7 Å². The van der Waals surface area contributed by atoms with Gasteiger partial charge in [-0.15, -0.1) is 0 Å². The maximum absolute atomic E-state index is 12.5. The van der Waals surface area contributed by atoms with Crippen LogP contribution < -0.4 is 5.32 Å². The minimum atomic E-state index is -0.141. The third-order valence-corrected chi connectivity index (χ3v) is 4.04. The van der Waals surface area contributed by atoms with E-state index in [1.807, 2.05) is 37.3 Å². The molecule has 0 fully saturated rings. The van der Waals surface area contributed by atoms with E-state index in [2.05, 4.69) is 15.4 Å². The van der Waals surface area contributed by atoms with Crippen LogP contribution in [0.25, 0.3) is 5.82 Å². The number of rotatable bonds is 5. The number of aliphatic hydroxyl groups excluding tert-OH is 1. The average molecular weight is 312 g/mol. The summed E-state index contributed by atoms with van der Waals surface area (Å²) in [6.07, 6.45) is 8.59. The highest BCUT2D eigenvalue weighted by molar-refractivity contribution is 5.95. The summed E-state index contributed by atoms with van der Waals surface area (Å²) in [5, 5.41) is 16.5. The van der Waals surface area contributed by atoms with Crippen LogP contribution in [-0.2, 0) is 6.42 Å².